The van der Waals surface area contributed by atoms with Gasteiger partial charge in [-0.25, -0.2) is 9.79 Å². The molecule has 36 heavy (non-hydrogen) atoms. The Labute approximate surface area is 215 Å². The highest BCUT2D eigenvalue weighted by molar-refractivity contribution is 8.19. The summed E-state index contributed by atoms with van der Waals surface area (Å²) in [6, 6.07) is 23.2. The molecule has 6 nitrogen and oxygen atoms in total. The number of rotatable bonds is 8. The zero-order valence-electron chi connectivity index (χ0n) is 20.6. The van der Waals surface area contributed by atoms with Crippen LogP contribution in [-0.2, 0) is 27.2 Å². The molecule has 0 atom stereocenters. The summed E-state index contributed by atoms with van der Waals surface area (Å²) in [5.41, 5.74) is 4.64. The predicted octanol–water partition coefficient (Wildman–Crippen LogP) is 6.17. The molecule has 0 saturated carbocycles. The van der Waals surface area contributed by atoms with Gasteiger partial charge >= 0.3 is 5.97 Å². The number of esters is 1. The number of ether oxygens (including phenoxy) is 2. The lowest BCUT2D eigenvalue weighted by atomic mass is 10.1. The van der Waals surface area contributed by atoms with Gasteiger partial charge < -0.3 is 9.47 Å². The first kappa shape index (κ1) is 25.3. The van der Waals surface area contributed by atoms with Crippen LogP contribution in [0.2, 0.25) is 0 Å². The van der Waals surface area contributed by atoms with Crippen molar-refractivity contribution in [1.82, 2.24) is 0 Å². The predicted molar refractivity (Wildman–Crippen MR) is 146 cm³/mol. The van der Waals surface area contributed by atoms with Crippen molar-refractivity contribution in [1.29, 1.82) is 0 Å². The molecule has 0 N–H and O–H groups in total. The lowest BCUT2D eigenvalue weighted by molar-refractivity contribution is -0.142. The first-order valence-electron chi connectivity index (χ1n) is 11.8. The van der Waals surface area contributed by atoms with E-state index in [9.17, 15) is 9.59 Å². The van der Waals surface area contributed by atoms with E-state index in [1.165, 1.54) is 30.0 Å². The van der Waals surface area contributed by atoms with Crippen molar-refractivity contribution >= 4 is 46.3 Å². The topological polar surface area (TPSA) is 68.2 Å². The Kier molecular flexibility index (Phi) is 8.23. The van der Waals surface area contributed by atoms with Crippen LogP contribution in [0.3, 0.4) is 0 Å². The average molecular weight is 501 g/mol. The molecule has 0 unspecified atom stereocenters. The molecular weight excluding hydrogens is 472 g/mol. The molecule has 0 aromatic heterocycles. The van der Waals surface area contributed by atoms with E-state index in [0.29, 0.717) is 21.4 Å². The van der Waals surface area contributed by atoms with Gasteiger partial charge in [-0.1, -0.05) is 56.3 Å². The van der Waals surface area contributed by atoms with Gasteiger partial charge in [0.25, 0.3) is 5.91 Å². The number of aliphatic imine (C=N–C) groups is 1. The van der Waals surface area contributed by atoms with E-state index < -0.39 is 5.97 Å². The van der Waals surface area contributed by atoms with Gasteiger partial charge in [0.2, 0.25) is 0 Å². The highest BCUT2D eigenvalue weighted by Gasteiger charge is 2.35. The van der Waals surface area contributed by atoms with Gasteiger partial charge in [-0.2, -0.15) is 0 Å². The second kappa shape index (κ2) is 11.7. The smallest absolute Gasteiger partial charge is 0.343 e. The van der Waals surface area contributed by atoms with Crippen molar-refractivity contribution in [2.45, 2.75) is 26.7 Å². The summed E-state index contributed by atoms with van der Waals surface area (Å²) in [5.74, 6) is -0.159. The number of hydrogen-bond acceptors (Lipinski definition) is 6. The maximum atomic E-state index is 13.6. The number of amidine groups is 1. The summed E-state index contributed by atoms with van der Waals surface area (Å²) in [7, 11) is 1.31. The summed E-state index contributed by atoms with van der Waals surface area (Å²) in [6.45, 7) is 3.99. The van der Waals surface area contributed by atoms with Crippen LogP contribution in [-0.4, -0.2) is 30.8 Å². The first-order chi connectivity index (χ1) is 17.5. The quantitative estimate of drug-likeness (QED) is 0.273. The van der Waals surface area contributed by atoms with Crippen LogP contribution in [0.25, 0.3) is 6.08 Å². The van der Waals surface area contributed by atoms with Crippen molar-refractivity contribution < 1.29 is 19.1 Å². The average Bonchev–Trinajstić information content (AvgIpc) is 3.22. The number of para-hydroxylation sites is 1. The van der Waals surface area contributed by atoms with Crippen LogP contribution in [0.15, 0.2) is 82.7 Å². The molecule has 1 amide bonds. The summed E-state index contributed by atoms with van der Waals surface area (Å²) in [6.07, 6.45) is 3.64. The zero-order valence-corrected chi connectivity index (χ0v) is 21.4. The van der Waals surface area contributed by atoms with Crippen molar-refractivity contribution in [2.75, 3.05) is 18.6 Å². The zero-order chi connectivity index (χ0) is 25.5. The number of thioether (sulfide) groups is 1. The van der Waals surface area contributed by atoms with Crippen LogP contribution < -0.4 is 9.64 Å². The normalized spacial score (nSPS) is 15.5. The molecule has 1 fully saturated rings. The minimum absolute atomic E-state index is 0.170. The van der Waals surface area contributed by atoms with Gasteiger partial charge in [-0.3, -0.25) is 9.69 Å². The maximum Gasteiger partial charge on any atom is 0.343 e. The molecule has 1 heterocycles. The fraction of sp³-hybridized carbons (Fsp3) is 0.207. The van der Waals surface area contributed by atoms with E-state index >= 15 is 0 Å². The second-order valence-electron chi connectivity index (χ2n) is 8.09. The third-order valence-corrected chi connectivity index (χ3v) is 6.73. The number of methoxy groups -OCH3 is 1. The van der Waals surface area contributed by atoms with Gasteiger partial charge in [0.15, 0.2) is 11.8 Å². The molecule has 1 aliphatic rings. The number of nitrogens with zero attached hydrogens (tertiary/aromatic N) is 2. The van der Waals surface area contributed by atoms with E-state index in [2.05, 4.69) is 18.6 Å². The van der Waals surface area contributed by atoms with Crippen LogP contribution in [0.1, 0.15) is 30.5 Å². The number of benzene rings is 3. The Hall–Kier alpha value is -3.84. The number of amides is 1. The van der Waals surface area contributed by atoms with Crippen LogP contribution in [0, 0.1) is 0 Å². The van der Waals surface area contributed by atoms with Gasteiger partial charge in [-0.15, -0.1) is 0 Å². The number of hydrogen-bond donors (Lipinski definition) is 0. The molecule has 1 saturated heterocycles. The fourth-order valence-corrected chi connectivity index (χ4v) is 4.63. The molecule has 0 spiro atoms. The lowest BCUT2D eigenvalue weighted by Crippen LogP contribution is -2.28. The van der Waals surface area contributed by atoms with Crippen LogP contribution >= 0.6 is 11.8 Å². The Morgan fingerprint density at radius 2 is 1.58 bits per heavy atom. The van der Waals surface area contributed by atoms with Gasteiger partial charge in [0.1, 0.15) is 5.75 Å². The van der Waals surface area contributed by atoms with Crippen molar-refractivity contribution in [3.05, 3.63) is 94.4 Å². The molecule has 3 aromatic rings. The van der Waals surface area contributed by atoms with Gasteiger partial charge in [0.05, 0.1) is 23.4 Å². The molecule has 4 rings (SSSR count). The van der Waals surface area contributed by atoms with E-state index in [-0.39, 0.29) is 12.5 Å². The molecule has 0 aliphatic carbocycles. The van der Waals surface area contributed by atoms with Gasteiger partial charge in [0, 0.05) is 5.56 Å². The SMILES string of the molecule is CCc1ccc(N=C2S/C(=C\c3ccccc3OCC(=O)OC)C(=O)N2c2ccc(CC)cc2)cc1. The summed E-state index contributed by atoms with van der Waals surface area (Å²) < 4.78 is 10.3. The van der Waals surface area contributed by atoms with Crippen molar-refractivity contribution in [3.8, 4) is 5.75 Å². The van der Waals surface area contributed by atoms with Crippen LogP contribution in [0.4, 0.5) is 11.4 Å². The summed E-state index contributed by atoms with van der Waals surface area (Å²) in [5, 5.41) is 0.577. The first-order valence-corrected chi connectivity index (χ1v) is 12.6. The number of carbonyl (C=O) groups excluding carboxylic acids is 2. The number of anilines is 1. The van der Waals surface area contributed by atoms with Crippen molar-refractivity contribution in [3.63, 3.8) is 0 Å². The molecule has 0 bridgehead atoms. The molecule has 184 valence electrons. The van der Waals surface area contributed by atoms with Crippen LogP contribution in [0.5, 0.6) is 5.75 Å². The standard InChI is InChI=1S/C29H28N2O4S/c1-4-20-10-14-23(15-11-20)30-29-31(24-16-12-21(5-2)13-17-24)28(33)26(36-29)18-22-8-6-7-9-25(22)35-19-27(32)34-3/h6-18H,4-5,19H2,1-3H3/b26-18-,30-29?. The van der Waals surface area contributed by atoms with E-state index in [1.54, 1.807) is 17.0 Å². The van der Waals surface area contributed by atoms with E-state index in [0.717, 1.165) is 24.2 Å². The molecular formula is C29H28N2O4S. The molecule has 0 radical (unpaired) electrons. The van der Waals surface area contributed by atoms with Crippen molar-refractivity contribution in [2.24, 2.45) is 4.99 Å². The molecule has 3 aromatic carbocycles. The third-order valence-electron chi connectivity index (χ3n) is 5.76. The minimum atomic E-state index is -0.478. The highest BCUT2D eigenvalue weighted by Crippen LogP contribution is 2.38. The van der Waals surface area contributed by atoms with E-state index in [4.69, 9.17) is 9.73 Å². The number of carbonyl (C=O) groups is 2. The Balaban J connectivity index is 1.71. The monoisotopic (exact) mass is 500 g/mol. The third kappa shape index (κ3) is 5.86. The lowest BCUT2D eigenvalue weighted by Gasteiger charge is -2.16. The Bertz CT molecular complexity index is 1300. The summed E-state index contributed by atoms with van der Waals surface area (Å²) in [4.78, 5) is 32.2. The summed E-state index contributed by atoms with van der Waals surface area (Å²) >= 11 is 1.31. The molecule has 7 heteroatoms. The Morgan fingerprint density at radius 1 is 0.944 bits per heavy atom. The highest BCUT2D eigenvalue weighted by atomic mass is 32.2. The second-order valence-corrected chi connectivity index (χ2v) is 9.10. The molecule has 1 aliphatic heterocycles. The Morgan fingerprint density at radius 3 is 2.22 bits per heavy atom. The largest absolute Gasteiger partial charge is 0.481 e. The number of aryl methyl sites for hydroxylation is 2. The van der Waals surface area contributed by atoms with E-state index in [1.807, 2.05) is 66.7 Å². The maximum absolute atomic E-state index is 13.6. The fourth-order valence-electron chi connectivity index (χ4n) is 3.64. The minimum Gasteiger partial charge on any atom is -0.481 e. The van der Waals surface area contributed by atoms with Gasteiger partial charge in [-0.05, 0) is 72.1 Å².